The standard InChI is InChI=1S/C21H24N4O2/c1-4-14-9-11-15(12-10-14)18(25(2)3)13-22-21(27)19-16-7-5-6-8-17(16)20(26)24-23-19/h5-12,18H,4,13H2,1-3H3,(H,22,27)(H,24,26)/t18-/m1/s1. The molecule has 1 atom stereocenters. The van der Waals surface area contributed by atoms with Crippen LogP contribution in [0.5, 0.6) is 0 Å². The Bertz CT molecular complexity index is 993. The van der Waals surface area contributed by atoms with Crippen LogP contribution in [0.2, 0.25) is 0 Å². The van der Waals surface area contributed by atoms with Crippen molar-refractivity contribution < 1.29 is 4.79 Å². The summed E-state index contributed by atoms with van der Waals surface area (Å²) in [7, 11) is 3.97. The molecule has 1 aromatic heterocycles. The average molecular weight is 364 g/mol. The van der Waals surface area contributed by atoms with Crippen molar-refractivity contribution in [2.24, 2.45) is 0 Å². The molecule has 27 heavy (non-hydrogen) atoms. The second-order valence-electron chi connectivity index (χ2n) is 6.73. The van der Waals surface area contributed by atoms with E-state index in [2.05, 4.69) is 51.6 Å². The summed E-state index contributed by atoms with van der Waals surface area (Å²) in [5.74, 6) is -0.306. The topological polar surface area (TPSA) is 78.1 Å². The van der Waals surface area contributed by atoms with E-state index in [0.29, 0.717) is 17.3 Å². The zero-order valence-corrected chi connectivity index (χ0v) is 15.8. The fourth-order valence-corrected chi connectivity index (χ4v) is 3.13. The van der Waals surface area contributed by atoms with Gasteiger partial charge >= 0.3 is 0 Å². The van der Waals surface area contributed by atoms with Crippen LogP contribution in [0.1, 0.15) is 34.6 Å². The van der Waals surface area contributed by atoms with Crippen molar-refractivity contribution in [1.29, 1.82) is 0 Å². The number of rotatable bonds is 6. The summed E-state index contributed by atoms with van der Waals surface area (Å²) >= 11 is 0. The van der Waals surface area contributed by atoms with E-state index in [1.54, 1.807) is 24.3 Å². The average Bonchev–Trinajstić information content (AvgIpc) is 2.68. The highest BCUT2D eigenvalue weighted by Crippen LogP contribution is 2.19. The number of H-pyrrole nitrogens is 1. The molecular formula is C21H24N4O2. The molecule has 6 nitrogen and oxygen atoms in total. The summed E-state index contributed by atoms with van der Waals surface area (Å²) in [5.41, 5.74) is 2.34. The second-order valence-corrected chi connectivity index (χ2v) is 6.73. The number of hydrogen-bond acceptors (Lipinski definition) is 4. The number of nitrogens with zero attached hydrogens (tertiary/aromatic N) is 2. The lowest BCUT2D eigenvalue weighted by Crippen LogP contribution is -2.35. The Morgan fingerprint density at radius 1 is 1.11 bits per heavy atom. The Morgan fingerprint density at radius 3 is 2.41 bits per heavy atom. The highest BCUT2D eigenvalue weighted by molar-refractivity contribution is 6.04. The van der Waals surface area contributed by atoms with Gasteiger partial charge in [-0.15, -0.1) is 0 Å². The van der Waals surface area contributed by atoms with Crippen LogP contribution in [0.3, 0.4) is 0 Å². The van der Waals surface area contributed by atoms with Gasteiger partial charge in [-0.1, -0.05) is 49.4 Å². The zero-order chi connectivity index (χ0) is 19.4. The Labute approximate surface area is 158 Å². The van der Waals surface area contributed by atoms with Crippen LogP contribution in [0.15, 0.2) is 53.3 Å². The van der Waals surface area contributed by atoms with Gasteiger partial charge in [-0.2, -0.15) is 5.10 Å². The summed E-state index contributed by atoms with van der Waals surface area (Å²) in [6, 6.07) is 15.4. The van der Waals surface area contributed by atoms with Crippen molar-refractivity contribution in [1.82, 2.24) is 20.4 Å². The van der Waals surface area contributed by atoms with Gasteiger partial charge in [0.1, 0.15) is 0 Å². The second kappa shape index (κ2) is 8.14. The van der Waals surface area contributed by atoms with Gasteiger partial charge < -0.3 is 10.2 Å². The van der Waals surface area contributed by atoms with E-state index in [1.807, 2.05) is 14.1 Å². The van der Waals surface area contributed by atoms with E-state index < -0.39 is 0 Å². The maximum Gasteiger partial charge on any atom is 0.272 e. The molecule has 0 saturated heterocycles. The molecule has 6 heteroatoms. The van der Waals surface area contributed by atoms with Gasteiger partial charge in [-0.25, -0.2) is 5.10 Å². The maximum atomic E-state index is 12.7. The van der Waals surface area contributed by atoms with Crippen molar-refractivity contribution in [3.8, 4) is 0 Å². The molecule has 0 aliphatic carbocycles. The van der Waals surface area contributed by atoms with Crippen LogP contribution < -0.4 is 10.9 Å². The first-order chi connectivity index (χ1) is 13.0. The van der Waals surface area contributed by atoms with Crippen molar-refractivity contribution >= 4 is 16.7 Å². The lowest BCUT2D eigenvalue weighted by Gasteiger charge is -2.25. The van der Waals surface area contributed by atoms with Gasteiger partial charge in [0, 0.05) is 11.9 Å². The molecule has 0 spiro atoms. The van der Waals surface area contributed by atoms with Gasteiger partial charge in [0.25, 0.3) is 11.5 Å². The van der Waals surface area contributed by atoms with E-state index in [0.717, 1.165) is 12.0 Å². The number of nitrogens with one attached hydrogen (secondary N) is 2. The van der Waals surface area contributed by atoms with Gasteiger partial charge in [-0.3, -0.25) is 9.59 Å². The summed E-state index contributed by atoms with van der Waals surface area (Å²) in [4.78, 5) is 26.7. The number of carbonyl (C=O) groups excluding carboxylic acids is 1. The molecule has 0 saturated carbocycles. The SMILES string of the molecule is CCc1ccc([C@@H](CNC(=O)c2n[nH]c(=O)c3ccccc23)N(C)C)cc1. The predicted octanol–water partition coefficient (Wildman–Crippen LogP) is 2.52. The largest absolute Gasteiger partial charge is 0.349 e. The molecule has 0 aliphatic heterocycles. The highest BCUT2D eigenvalue weighted by Gasteiger charge is 2.18. The predicted molar refractivity (Wildman–Crippen MR) is 107 cm³/mol. The zero-order valence-electron chi connectivity index (χ0n) is 15.8. The molecule has 3 rings (SSSR count). The van der Waals surface area contributed by atoms with Gasteiger partial charge in [0.05, 0.1) is 11.4 Å². The van der Waals surface area contributed by atoms with Crippen molar-refractivity contribution in [3.63, 3.8) is 0 Å². The monoisotopic (exact) mass is 364 g/mol. The van der Waals surface area contributed by atoms with Crippen LogP contribution in [0.25, 0.3) is 10.8 Å². The minimum absolute atomic E-state index is 0.0360. The molecule has 3 aromatic rings. The Hall–Kier alpha value is -2.99. The van der Waals surface area contributed by atoms with Gasteiger partial charge in [0.2, 0.25) is 0 Å². The van der Waals surface area contributed by atoms with Crippen LogP contribution in [0.4, 0.5) is 0 Å². The molecule has 0 bridgehead atoms. The van der Waals surface area contributed by atoms with Crippen LogP contribution >= 0.6 is 0 Å². The van der Waals surface area contributed by atoms with Crippen molar-refractivity contribution in [2.45, 2.75) is 19.4 Å². The molecule has 2 N–H and O–H groups in total. The molecule has 1 heterocycles. The minimum atomic E-state index is -0.306. The first-order valence-corrected chi connectivity index (χ1v) is 9.02. The summed E-state index contributed by atoms with van der Waals surface area (Å²) in [5, 5.41) is 10.3. The van der Waals surface area contributed by atoms with E-state index in [1.165, 1.54) is 5.56 Å². The number of aryl methyl sites for hydroxylation is 1. The first-order valence-electron chi connectivity index (χ1n) is 9.02. The number of carbonyl (C=O) groups is 1. The molecular weight excluding hydrogens is 340 g/mol. The summed E-state index contributed by atoms with van der Waals surface area (Å²) in [6.45, 7) is 2.56. The molecule has 1 amide bonds. The van der Waals surface area contributed by atoms with Crippen molar-refractivity contribution in [2.75, 3.05) is 20.6 Å². The van der Waals surface area contributed by atoms with Gasteiger partial charge in [-0.05, 0) is 37.7 Å². The lowest BCUT2D eigenvalue weighted by molar-refractivity contribution is 0.0937. The third kappa shape index (κ3) is 4.06. The molecule has 0 fully saturated rings. The summed E-state index contributed by atoms with van der Waals surface area (Å²) in [6.07, 6.45) is 0.995. The van der Waals surface area contributed by atoms with Crippen LogP contribution in [0, 0.1) is 0 Å². The Kier molecular flexibility index (Phi) is 5.66. The van der Waals surface area contributed by atoms with E-state index in [-0.39, 0.29) is 23.2 Å². The molecule has 140 valence electrons. The molecule has 0 unspecified atom stereocenters. The Morgan fingerprint density at radius 2 is 1.78 bits per heavy atom. The number of fused-ring (bicyclic) bond motifs is 1. The number of likely N-dealkylation sites (N-methyl/N-ethyl adjacent to an activating group) is 1. The maximum absolute atomic E-state index is 12.7. The first kappa shape index (κ1) is 18.8. The number of aromatic nitrogens is 2. The van der Waals surface area contributed by atoms with Gasteiger partial charge in [0.15, 0.2) is 5.69 Å². The van der Waals surface area contributed by atoms with Crippen molar-refractivity contribution in [3.05, 3.63) is 75.7 Å². The third-order valence-corrected chi connectivity index (χ3v) is 4.76. The molecule has 0 aliphatic rings. The summed E-state index contributed by atoms with van der Waals surface area (Å²) < 4.78 is 0. The molecule has 0 radical (unpaired) electrons. The molecule has 2 aromatic carbocycles. The number of benzene rings is 2. The highest BCUT2D eigenvalue weighted by atomic mass is 16.2. The number of amides is 1. The van der Waals surface area contributed by atoms with E-state index in [9.17, 15) is 9.59 Å². The smallest absolute Gasteiger partial charge is 0.272 e. The van der Waals surface area contributed by atoms with Crippen LogP contribution in [-0.2, 0) is 6.42 Å². The third-order valence-electron chi connectivity index (χ3n) is 4.76. The lowest BCUT2D eigenvalue weighted by atomic mass is 10.0. The Balaban J connectivity index is 1.81. The normalized spacial score (nSPS) is 12.3. The quantitative estimate of drug-likeness (QED) is 0.704. The number of hydrogen-bond donors (Lipinski definition) is 2. The number of aromatic amines is 1. The fraction of sp³-hybridized carbons (Fsp3) is 0.286. The fourth-order valence-electron chi connectivity index (χ4n) is 3.13. The minimum Gasteiger partial charge on any atom is -0.349 e. The van der Waals surface area contributed by atoms with Crippen LogP contribution in [-0.4, -0.2) is 41.6 Å². The van der Waals surface area contributed by atoms with E-state index >= 15 is 0 Å². The van der Waals surface area contributed by atoms with E-state index in [4.69, 9.17) is 0 Å².